The van der Waals surface area contributed by atoms with Crippen molar-refractivity contribution >= 4 is 11.8 Å². The van der Waals surface area contributed by atoms with E-state index in [0.717, 1.165) is 12.0 Å². The topological polar surface area (TPSA) is 41.5 Å². The monoisotopic (exact) mass is 201 g/mol. The number of aromatic hydroxyl groups is 1. The van der Waals surface area contributed by atoms with Crippen LogP contribution >= 0.6 is 11.8 Å². The number of hydrogen-bond donors (Lipinski definition) is 2. The lowest BCUT2D eigenvalue weighted by molar-refractivity contribution is 0.373. The van der Waals surface area contributed by atoms with Gasteiger partial charge < -0.3 is 9.84 Å². The van der Waals surface area contributed by atoms with Crippen molar-refractivity contribution in [2.24, 2.45) is 0 Å². The van der Waals surface area contributed by atoms with E-state index in [0.29, 0.717) is 12.3 Å². The predicted molar refractivity (Wildman–Crippen MR) is 52.2 cm³/mol. The third-order valence-corrected chi connectivity index (χ3v) is 1.94. The summed E-state index contributed by atoms with van der Waals surface area (Å²) >= 11 is 5.31. The molecule has 3 nitrogen and oxygen atoms in total. The average Bonchev–Trinajstić information content (AvgIpc) is 2.15. The molecule has 1 rings (SSSR count). The fraction of sp³-hybridized carbons (Fsp3) is 0.333. The Kier molecular flexibility index (Phi) is 3.86. The van der Waals surface area contributed by atoms with E-state index in [1.54, 1.807) is 12.1 Å². The first kappa shape index (κ1) is 10.2. The van der Waals surface area contributed by atoms with Crippen molar-refractivity contribution in [1.82, 2.24) is 4.84 Å². The van der Waals surface area contributed by atoms with Crippen LogP contribution in [0.25, 0.3) is 0 Å². The highest BCUT2D eigenvalue weighted by Crippen LogP contribution is 2.26. The van der Waals surface area contributed by atoms with Gasteiger partial charge in [-0.25, -0.2) is 4.84 Å². The number of ether oxygens (including phenoxy) is 1. The molecule has 72 valence electrons. The smallest absolute Gasteiger partial charge is 0.160 e. The number of rotatable bonds is 4. The molecule has 0 unspecified atom stereocenters. The molecule has 0 atom stereocenters. The minimum absolute atomic E-state index is 0.162. The van der Waals surface area contributed by atoms with E-state index in [9.17, 15) is 5.11 Å². The van der Waals surface area contributed by atoms with Crippen LogP contribution in [0.2, 0.25) is 0 Å². The Morgan fingerprint density at radius 3 is 2.85 bits per heavy atom. The second-order valence-corrected chi connectivity index (χ2v) is 2.91. The van der Waals surface area contributed by atoms with E-state index in [2.05, 4.69) is 4.84 Å². The molecule has 0 radical (unpaired) electrons. The van der Waals surface area contributed by atoms with Gasteiger partial charge in [-0.1, -0.05) is 6.07 Å². The van der Waals surface area contributed by atoms with Crippen LogP contribution in [0.5, 0.6) is 11.5 Å². The second-order valence-electron chi connectivity index (χ2n) is 2.64. The van der Waals surface area contributed by atoms with Gasteiger partial charge in [0, 0.05) is 6.54 Å². The van der Waals surface area contributed by atoms with Gasteiger partial charge in [-0.15, -0.1) is 0 Å². The van der Waals surface area contributed by atoms with Gasteiger partial charge in [0.2, 0.25) is 0 Å². The van der Waals surface area contributed by atoms with Gasteiger partial charge in [-0.3, -0.25) is 0 Å². The summed E-state index contributed by atoms with van der Waals surface area (Å²) in [6, 6.07) is 5.30. The molecule has 0 saturated heterocycles. The second kappa shape index (κ2) is 4.94. The molecule has 0 fully saturated rings. The standard InChI is InChI=1S/C9H12ClNO2/c1-13-9-3-2-7(4-5-11-10)6-8(9)12/h2-3,6,11-12H,4-5H2,1H3. The SMILES string of the molecule is COc1ccc(CCNCl)cc1O. The van der Waals surface area contributed by atoms with Crippen LogP contribution in [0.4, 0.5) is 0 Å². The van der Waals surface area contributed by atoms with E-state index in [-0.39, 0.29) is 5.75 Å². The lowest BCUT2D eigenvalue weighted by Crippen LogP contribution is -2.04. The lowest BCUT2D eigenvalue weighted by atomic mass is 10.1. The lowest BCUT2D eigenvalue weighted by Gasteiger charge is -2.05. The first-order valence-corrected chi connectivity index (χ1v) is 4.35. The summed E-state index contributed by atoms with van der Waals surface area (Å²) in [4.78, 5) is 2.52. The number of methoxy groups -OCH3 is 1. The van der Waals surface area contributed by atoms with E-state index in [1.807, 2.05) is 6.07 Å². The van der Waals surface area contributed by atoms with Gasteiger partial charge in [-0.2, -0.15) is 0 Å². The van der Waals surface area contributed by atoms with Crippen LogP contribution in [0, 0.1) is 0 Å². The molecule has 13 heavy (non-hydrogen) atoms. The molecule has 0 bridgehead atoms. The maximum Gasteiger partial charge on any atom is 0.160 e. The van der Waals surface area contributed by atoms with E-state index in [1.165, 1.54) is 7.11 Å². The van der Waals surface area contributed by atoms with Gasteiger partial charge in [0.15, 0.2) is 11.5 Å². The summed E-state index contributed by atoms with van der Waals surface area (Å²) in [6.07, 6.45) is 0.779. The number of halogens is 1. The number of phenols is 1. The molecule has 0 heterocycles. The van der Waals surface area contributed by atoms with Crippen LogP contribution < -0.4 is 9.57 Å². The summed E-state index contributed by atoms with van der Waals surface area (Å²) < 4.78 is 4.91. The molecule has 2 N–H and O–H groups in total. The Bertz CT molecular complexity index is 278. The van der Waals surface area contributed by atoms with Crippen molar-refractivity contribution in [3.63, 3.8) is 0 Å². The van der Waals surface area contributed by atoms with Crippen LogP contribution in [-0.2, 0) is 6.42 Å². The Hall–Kier alpha value is -0.930. The van der Waals surface area contributed by atoms with Crippen molar-refractivity contribution in [1.29, 1.82) is 0 Å². The highest BCUT2D eigenvalue weighted by atomic mass is 35.5. The summed E-state index contributed by atoms with van der Waals surface area (Å²) in [6.45, 7) is 0.674. The number of hydrogen-bond acceptors (Lipinski definition) is 3. The van der Waals surface area contributed by atoms with Crippen LogP contribution in [0.3, 0.4) is 0 Å². The molecule has 0 amide bonds. The minimum Gasteiger partial charge on any atom is -0.504 e. The van der Waals surface area contributed by atoms with Gasteiger partial charge in [-0.05, 0) is 35.9 Å². The maximum atomic E-state index is 9.41. The quantitative estimate of drug-likeness (QED) is 0.729. The number of phenolic OH excluding ortho intramolecular Hbond substituents is 1. The molecule has 0 saturated carbocycles. The molecular weight excluding hydrogens is 190 g/mol. The summed E-state index contributed by atoms with van der Waals surface area (Å²) in [5.74, 6) is 0.650. The third kappa shape index (κ3) is 2.79. The predicted octanol–water partition coefficient (Wildman–Crippen LogP) is 1.69. The van der Waals surface area contributed by atoms with Gasteiger partial charge >= 0.3 is 0 Å². The van der Waals surface area contributed by atoms with Crippen molar-refractivity contribution in [2.45, 2.75) is 6.42 Å². The zero-order valence-corrected chi connectivity index (χ0v) is 8.14. The van der Waals surface area contributed by atoms with E-state index < -0.39 is 0 Å². The van der Waals surface area contributed by atoms with Crippen LogP contribution in [0.15, 0.2) is 18.2 Å². The van der Waals surface area contributed by atoms with Crippen molar-refractivity contribution in [3.05, 3.63) is 23.8 Å². The van der Waals surface area contributed by atoms with Crippen LogP contribution in [-0.4, -0.2) is 18.8 Å². The van der Waals surface area contributed by atoms with Crippen molar-refractivity contribution < 1.29 is 9.84 Å². The molecule has 1 aromatic carbocycles. The molecule has 0 aliphatic heterocycles. The number of nitrogens with one attached hydrogen (secondary N) is 1. The Balaban J connectivity index is 2.71. The molecule has 1 aromatic rings. The zero-order valence-electron chi connectivity index (χ0n) is 7.38. The summed E-state index contributed by atoms with van der Waals surface area (Å²) in [5.41, 5.74) is 1.02. The van der Waals surface area contributed by atoms with Crippen molar-refractivity contribution in [3.8, 4) is 11.5 Å². The first-order chi connectivity index (χ1) is 6.27. The molecule has 0 aromatic heterocycles. The Labute approximate surface area is 82.4 Å². The molecular formula is C9H12ClNO2. The fourth-order valence-electron chi connectivity index (χ4n) is 1.08. The fourth-order valence-corrected chi connectivity index (χ4v) is 1.18. The van der Waals surface area contributed by atoms with Crippen LogP contribution in [0.1, 0.15) is 5.56 Å². The average molecular weight is 202 g/mol. The Morgan fingerprint density at radius 2 is 2.31 bits per heavy atom. The third-order valence-electron chi connectivity index (χ3n) is 1.75. The van der Waals surface area contributed by atoms with E-state index in [4.69, 9.17) is 16.5 Å². The van der Waals surface area contributed by atoms with E-state index >= 15 is 0 Å². The molecule has 0 aliphatic rings. The first-order valence-electron chi connectivity index (χ1n) is 3.97. The normalized spacial score (nSPS) is 10.0. The summed E-state index contributed by atoms with van der Waals surface area (Å²) in [5, 5.41) is 9.41. The zero-order chi connectivity index (χ0) is 9.68. The largest absolute Gasteiger partial charge is 0.504 e. The molecule has 4 heteroatoms. The number of benzene rings is 1. The minimum atomic E-state index is 0.162. The van der Waals surface area contributed by atoms with Gasteiger partial charge in [0.25, 0.3) is 0 Å². The van der Waals surface area contributed by atoms with Gasteiger partial charge in [0.1, 0.15) is 0 Å². The maximum absolute atomic E-state index is 9.41. The molecule has 0 aliphatic carbocycles. The van der Waals surface area contributed by atoms with Crippen molar-refractivity contribution in [2.75, 3.05) is 13.7 Å². The highest BCUT2D eigenvalue weighted by Gasteiger charge is 2.01. The highest BCUT2D eigenvalue weighted by molar-refractivity contribution is 6.13. The Morgan fingerprint density at radius 1 is 1.54 bits per heavy atom. The molecule has 0 spiro atoms. The summed E-state index contributed by atoms with van der Waals surface area (Å²) in [7, 11) is 1.52. The van der Waals surface area contributed by atoms with Gasteiger partial charge in [0.05, 0.1) is 7.11 Å².